The van der Waals surface area contributed by atoms with E-state index in [4.69, 9.17) is 10.5 Å². The Morgan fingerprint density at radius 3 is 2.32 bits per heavy atom. The summed E-state index contributed by atoms with van der Waals surface area (Å²) >= 11 is 0. The van der Waals surface area contributed by atoms with Crippen molar-refractivity contribution in [1.82, 2.24) is 9.80 Å². The summed E-state index contributed by atoms with van der Waals surface area (Å²) in [6.45, 7) is 6.91. The quantitative estimate of drug-likeness (QED) is 0.643. The molecule has 1 amide bonds. The molecule has 0 radical (unpaired) electrons. The lowest BCUT2D eigenvalue weighted by atomic mass is 10.00. The van der Waals surface area contributed by atoms with Gasteiger partial charge in [0.2, 0.25) is 5.91 Å². The van der Waals surface area contributed by atoms with Crippen LogP contribution in [0.2, 0.25) is 0 Å². The first-order valence-corrected chi connectivity index (χ1v) is 6.96. The Morgan fingerprint density at radius 2 is 1.84 bits per heavy atom. The molecule has 114 valence electrons. The molecule has 0 aromatic rings. The Labute approximate surface area is 118 Å². The Bertz CT molecular complexity index is 250. The van der Waals surface area contributed by atoms with Gasteiger partial charge in [-0.1, -0.05) is 0 Å². The van der Waals surface area contributed by atoms with Crippen molar-refractivity contribution in [3.05, 3.63) is 0 Å². The highest BCUT2D eigenvalue weighted by Crippen LogP contribution is 2.09. The smallest absolute Gasteiger partial charge is 0.222 e. The van der Waals surface area contributed by atoms with Crippen LogP contribution in [0, 0.1) is 0 Å². The van der Waals surface area contributed by atoms with Crippen molar-refractivity contribution in [2.75, 3.05) is 47.4 Å². The van der Waals surface area contributed by atoms with E-state index in [1.807, 2.05) is 32.8 Å². The number of rotatable bonds is 10. The summed E-state index contributed by atoms with van der Waals surface area (Å²) < 4.78 is 5.07. The second kappa shape index (κ2) is 9.28. The van der Waals surface area contributed by atoms with Gasteiger partial charge in [0.05, 0.1) is 6.61 Å². The summed E-state index contributed by atoms with van der Waals surface area (Å²) in [6.07, 6.45) is 2.20. The van der Waals surface area contributed by atoms with Gasteiger partial charge in [0.25, 0.3) is 0 Å². The molecule has 0 aliphatic carbocycles. The van der Waals surface area contributed by atoms with E-state index in [1.54, 1.807) is 7.11 Å². The van der Waals surface area contributed by atoms with Gasteiger partial charge in [0, 0.05) is 32.2 Å². The zero-order valence-corrected chi connectivity index (χ0v) is 13.2. The summed E-state index contributed by atoms with van der Waals surface area (Å²) in [6, 6.07) is 0. The molecule has 2 N–H and O–H groups in total. The molecule has 0 bridgehead atoms. The summed E-state index contributed by atoms with van der Waals surface area (Å²) in [5, 5.41) is 0. The van der Waals surface area contributed by atoms with Crippen LogP contribution in [0.15, 0.2) is 0 Å². The zero-order chi connectivity index (χ0) is 14.9. The summed E-state index contributed by atoms with van der Waals surface area (Å²) in [5.74, 6) is 0.175. The molecule has 0 heterocycles. The van der Waals surface area contributed by atoms with Gasteiger partial charge in [-0.25, -0.2) is 0 Å². The first-order valence-electron chi connectivity index (χ1n) is 6.96. The lowest BCUT2D eigenvalue weighted by Crippen LogP contribution is -2.38. The molecule has 19 heavy (non-hydrogen) atoms. The number of ether oxygens (including phenoxy) is 1. The van der Waals surface area contributed by atoms with E-state index in [0.29, 0.717) is 26.0 Å². The molecule has 0 aromatic carbocycles. The Hall–Kier alpha value is -0.650. The third-order valence-corrected chi connectivity index (χ3v) is 2.93. The average Bonchev–Trinajstić information content (AvgIpc) is 2.29. The number of nitrogens with two attached hydrogens (primary N) is 1. The van der Waals surface area contributed by atoms with Gasteiger partial charge in [0.15, 0.2) is 0 Å². The maximum absolute atomic E-state index is 12.2. The maximum atomic E-state index is 12.2. The highest BCUT2D eigenvalue weighted by atomic mass is 16.5. The monoisotopic (exact) mass is 273 g/mol. The van der Waals surface area contributed by atoms with E-state index in [-0.39, 0.29) is 11.4 Å². The minimum Gasteiger partial charge on any atom is -0.383 e. The fourth-order valence-corrected chi connectivity index (χ4v) is 1.73. The van der Waals surface area contributed by atoms with Crippen LogP contribution in [0.25, 0.3) is 0 Å². The third kappa shape index (κ3) is 10.9. The Balaban J connectivity index is 4.18. The van der Waals surface area contributed by atoms with Crippen molar-refractivity contribution in [1.29, 1.82) is 0 Å². The molecule has 0 fully saturated rings. The average molecular weight is 273 g/mol. The van der Waals surface area contributed by atoms with Crippen molar-refractivity contribution in [2.45, 2.75) is 38.6 Å². The van der Waals surface area contributed by atoms with Gasteiger partial charge in [-0.15, -0.1) is 0 Å². The van der Waals surface area contributed by atoms with Crippen molar-refractivity contribution < 1.29 is 9.53 Å². The van der Waals surface area contributed by atoms with Crippen LogP contribution in [0.4, 0.5) is 0 Å². The van der Waals surface area contributed by atoms with Crippen molar-refractivity contribution in [3.63, 3.8) is 0 Å². The van der Waals surface area contributed by atoms with Gasteiger partial charge >= 0.3 is 0 Å². The van der Waals surface area contributed by atoms with Gasteiger partial charge in [-0.2, -0.15) is 0 Å². The van der Waals surface area contributed by atoms with Gasteiger partial charge in [-0.05, 0) is 47.3 Å². The number of carbonyl (C=O) groups is 1. The molecular weight excluding hydrogens is 242 g/mol. The number of amides is 1. The van der Waals surface area contributed by atoms with E-state index in [2.05, 4.69) is 4.90 Å². The molecule has 0 atom stereocenters. The van der Waals surface area contributed by atoms with Gasteiger partial charge in [0.1, 0.15) is 0 Å². The third-order valence-electron chi connectivity index (χ3n) is 2.93. The first kappa shape index (κ1) is 18.4. The number of carbonyl (C=O) groups excluding carboxylic acids is 1. The highest BCUT2D eigenvalue weighted by molar-refractivity contribution is 5.76. The lowest BCUT2D eigenvalue weighted by Gasteiger charge is -2.25. The number of nitrogens with zero attached hydrogens (tertiary/aromatic N) is 2. The number of hydrogen-bond acceptors (Lipinski definition) is 4. The zero-order valence-electron chi connectivity index (χ0n) is 13.2. The van der Waals surface area contributed by atoms with Crippen LogP contribution in [-0.2, 0) is 9.53 Å². The molecule has 0 spiro atoms. The normalized spacial score (nSPS) is 11.9. The van der Waals surface area contributed by atoms with Crippen LogP contribution in [0.5, 0.6) is 0 Å². The standard InChI is InChI=1S/C14H31N3O2/c1-14(2,15)8-7-13(18)17(11-12-19-5)10-6-9-16(3)4/h6-12,15H2,1-5H3. The van der Waals surface area contributed by atoms with E-state index in [1.165, 1.54) is 0 Å². The molecule has 0 saturated carbocycles. The second-order valence-corrected chi connectivity index (χ2v) is 6.02. The topological polar surface area (TPSA) is 58.8 Å². The van der Waals surface area contributed by atoms with Crippen LogP contribution < -0.4 is 5.73 Å². The minimum absolute atomic E-state index is 0.175. The number of methoxy groups -OCH3 is 1. The van der Waals surface area contributed by atoms with Gasteiger partial charge in [-0.3, -0.25) is 4.79 Å². The Kier molecular flexibility index (Phi) is 8.97. The fraction of sp³-hybridized carbons (Fsp3) is 0.929. The van der Waals surface area contributed by atoms with E-state index < -0.39 is 0 Å². The number of hydrogen-bond donors (Lipinski definition) is 1. The lowest BCUT2D eigenvalue weighted by molar-refractivity contribution is -0.132. The highest BCUT2D eigenvalue weighted by Gasteiger charge is 2.17. The molecule has 0 aliphatic heterocycles. The summed E-state index contributed by atoms with van der Waals surface area (Å²) in [4.78, 5) is 16.2. The second-order valence-electron chi connectivity index (χ2n) is 6.02. The van der Waals surface area contributed by atoms with Crippen molar-refractivity contribution >= 4 is 5.91 Å². The summed E-state index contributed by atoms with van der Waals surface area (Å²) in [5.41, 5.74) is 5.64. The molecular formula is C14H31N3O2. The molecule has 0 unspecified atom stereocenters. The predicted octanol–water partition coefficient (Wildman–Crippen LogP) is 0.931. The largest absolute Gasteiger partial charge is 0.383 e. The van der Waals surface area contributed by atoms with Crippen LogP contribution >= 0.6 is 0 Å². The molecule has 5 heteroatoms. The van der Waals surface area contributed by atoms with Crippen molar-refractivity contribution in [2.24, 2.45) is 5.73 Å². The van der Waals surface area contributed by atoms with E-state index >= 15 is 0 Å². The van der Waals surface area contributed by atoms with Crippen LogP contribution in [-0.4, -0.2) is 68.7 Å². The maximum Gasteiger partial charge on any atom is 0.222 e. The predicted molar refractivity (Wildman–Crippen MR) is 79.1 cm³/mol. The molecule has 0 aromatic heterocycles. The molecule has 0 saturated heterocycles. The summed E-state index contributed by atoms with van der Waals surface area (Å²) in [7, 11) is 5.74. The fourth-order valence-electron chi connectivity index (χ4n) is 1.73. The van der Waals surface area contributed by atoms with Crippen LogP contribution in [0.1, 0.15) is 33.1 Å². The van der Waals surface area contributed by atoms with Crippen LogP contribution in [0.3, 0.4) is 0 Å². The van der Waals surface area contributed by atoms with Crippen molar-refractivity contribution in [3.8, 4) is 0 Å². The van der Waals surface area contributed by atoms with E-state index in [9.17, 15) is 4.79 Å². The van der Waals surface area contributed by atoms with E-state index in [0.717, 1.165) is 19.5 Å². The molecule has 0 aliphatic rings. The Morgan fingerprint density at radius 1 is 1.21 bits per heavy atom. The first-order chi connectivity index (χ1) is 8.76. The van der Waals surface area contributed by atoms with Gasteiger partial charge < -0.3 is 20.3 Å². The molecule has 5 nitrogen and oxygen atoms in total. The minimum atomic E-state index is -0.285. The SMILES string of the molecule is COCCN(CCCN(C)C)C(=O)CCC(C)(C)N. The molecule has 0 rings (SSSR count).